The molecule has 176 valence electrons. The second-order valence-corrected chi connectivity index (χ2v) is 10.3. The van der Waals surface area contributed by atoms with Crippen LogP contribution in [0.3, 0.4) is 0 Å². The number of amides is 1. The topological polar surface area (TPSA) is 119 Å². The number of rotatable bonds is 5. The first-order valence-corrected chi connectivity index (χ1v) is 12.5. The van der Waals surface area contributed by atoms with Crippen molar-refractivity contribution >= 4 is 32.7 Å². The third kappa shape index (κ3) is 3.99. The van der Waals surface area contributed by atoms with E-state index in [9.17, 15) is 13.2 Å². The highest BCUT2D eigenvalue weighted by atomic mass is 32.2. The van der Waals surface area contributed by atoms with Gasteiger partial charge in [-0.05, 0) is 62.6 Å². The van der Waals surface area contributed by atoms with Crippen LogP contribution in [-0.2, 0) is 10.0 Å². The van der Waals surface area contributed by atoms with Gasteiger partial charge in [0, 0.05) is 18.8 Å². The maximum atomic E-state index is 13.4. The lowest BCUT2D eigenvalue weighted by molar-refractivity contribution is 0.102. The highest BCUT2D eigenvalue weighted by Gasteiger charge is 2.27. The molecule has 1 N–H and O–H groups in total. The fraction of sp³-hybridized carbons (Fsp3) is 0.292. The van der Waals surface area contributed by atoms with Gasteiger partial charge < -0.3 is 14.3 Å². The molecule has 1 aliphatic rings. The number of nitrogens with one attached hydrogen (secondary N) is 1. The summed E-state index contributed by atoms with van der Waals surface area (Å²) < 4.78 is 38.5. The van der Waals surface area contributed by atoms with Gasteiger partial charge in [0.25, 0.3) is 11.6 Å². The minimum atomic E-state index is -3.64. The first-order chi connectivity index (χ1) is 16.3. The van der Waals surface area contributed by atoms with Crippen molar-refractivity contribution in [1.82, 2.24) is 14.4 Å². The summed E-state index contributed by atoms with van der Waals surface area (Å²) in [5, 5.41) is 7.31. The van der Waals surface area contributed by atoms with Crippen LogP contribution in [0.1, 0.15) is 40.9 Å². The van der Waals surface area contributed by atoms with Crippen LogP contribution in [0.25, 0.3) is 22.6 Å². The number of nitrogens with zero attached hydrogens (tertiary/aromatic N) is 3. The third-order valence-electron chi connectivity index (χ3n) is 6.05. The number of aryl methyl sites for hydroxylation is 2. The maximum Gasteiger partial charge on any atom is 0.259 e. The summed E-state index contributed by atoms with van der Waals surface area (Å²) in [4.78, 5) is 18.0. The number of aromatic nitrogens is 2. The molecular formula is C24H24N4O5S. The zero-order valence-corrected chi connectivity index (χ0v) is 19.7. The SMILES string of the molecule is Cc1ccc(S(=O)(=O)N2CCCCC2)cc1NC(=O)c1cc(-c2ccco2)nc2onc(C)c12. The van der Waals surface area contributed by atoms with E-state index in [1.54, 1.807) is 37.3 Å². The summed E-state index contributed by atoms with van der Waals surface area (Å²) in [6.45, 7) is 4.56. The third-order valence-corrected chi connectivity index (χ3v) is 7.94. The molecule has 3 aromatic heterocycles. The van der Waals surface area contributed by atoms with E-state index in [0.29, 0.717) is 46.9 Å². The summed E-state index contributed by atoms with van der Waals surface area (Å²) in [5.41, 5.74) is 2.63. The van der Waals surface area contributed by atoms with Gasteiger partial charge in [0.1, 0.15) is 5.69 Å². The lowest BCUT2D eigenvalue weighted by Crippen LogP contribution is -2.35. The normalized spacial score (nSPS) is 15.0. The summed E-state index contributed by atoms with van der Waals surface area (Å²) in [7, 11) is -3.64. The number of hydrogen-bond acceptors (Lipinski definition) is 7. The Bertz CT molecular complexity index is 1470. The Kier molecular flexibility index (Phi) is 5.70. The molecule has 9 nitrogen and oxygen atoms in total. The molecule has 5 rings (SSSR count). The summed E-state index contributed by atoms with van der Waals surface area (Å²) in [5.74, 6) is 0.0536. The quantitative estimate of drug-likeness (QED) is 0.446. The molecule has 0 saturated carbocycles. The molecular weight excluding hydrogens is 456 g/mol. The largest absolute Gasteiger partial charge is 0.463 e. The van der Waals surface area contributed by atoms with Crippen molar-refractivity contribution in [3.8, 4) is 11.5 Å². The second kappa shape index (κ2) is 8.69. The van der Waals surface area contributed by atoms with Gasteiger partial charge in [-0.3, -0.25) is 4.79 Å². The second-order valence-electron chi connectivity index (χ2n) is 8.38. The van der Waals surface area contributed by atoms with Crippen molar-refractivity contribution in [3.05, 3.63) is 59.5 Å². The highest BCUT2D eigenvalue weighted by molar-refractivity contribution is 7.89. The number of carbonyl (C=O) groups is 1. The van der Waals surface area contributed by atoms with E-state index in [-0.39, 0.29) is 10.6 Å². The minimum absolute atomic E-state index is 0.160. The van der Waals surface area contributed by atoms with E-state index >= 15 is 0 Å². The average Bonchev–Trinajstić information content (AvgIpc) is 3.51. The summed E-state index contributed by atoms with van der Waals surface area (Å²) >= 11 is 0. The Hall–Kier alpha value is -3.50. The van der Waals surface area contributed by atoms with Gasteiger partial charge in [0.2, 0.25) is 10.0 Å². The molecule has 0 bridgehead atoms. The smallest absolute Gasteiger partial charge is 0.259 e. The van der Waals surface area contributed by atoms with Crippen molar-refractivity contribution in [2.75, 3.05) is 18.4 Å². The number of piperidine rings is 1. The maximum absolute atomic E-state index is 13.4. The molecule has 0 radical (unpaired) electrons. The number of pyridine rings is 1. The Balaban J connectivity index is 1.51. The van der Waals surface area contributed by atoms with Crippen LogP contribution in [0.2, 0.25) is 0 Å². The Morgan fingerprint density at radius 1 is 1.09 bits per heavy atom. The van der Waals surface area contributed by atoms with Crippen LogP contribution >= 0.6 is 0 Å². The van der Waals surface area contributed by atoms with Crippen LogP contribution in [0.4, 0.5) is 5.69 Å². The van der Waals surface area contributed by atoms with Gasteiger partial charge in [-0.1, -0.05) is 17.6 Å². The fourth-order valence-electron chi connectivity index (χ4n) is 4.16. The molecule has 0 aliphatic carbocycles. The van der Waals surface area contributed by atoms with Gasteiger partial charge >= 0.3 is 0 Å². The molecule has 1 amide bonds. The van der Waals surface area contributed by atoms with E-state index < -0.39 is 15.9 Å². The molecule has 1 fully saturated rings. The molecule has 1 aromatic carbocycles. The number of hydrogen-bond donors (Lipinski definition) is 1. The van der Waals surface area contributed by atoms with Gasteiger partial charge in [0.15, 0.2) is 5.76 Å². The Labute approximate surface area is 196 Å². The highest BCUT2D eigenvalue weighted by Crippen LogP contribution is 2.29. The monoisotopic (exact) mass is 480 g/mol. The van der Waals surface area contributed by atoms with Gasteiger partial charge in [-0.2, -0.15) is 4.31 Å². The minimum Gasteiger partial charge on any atom is -0.463 e. The van der Waals surface area contributed by atoms with E-state index in [0.717, 1.165) is 24.8 Å². The Morgan fingerprint density at radius 3 is 2.62 bits per heavy atom. The molecule has 4 heterocycles. The van der Waals surface area contributed by atoms with Crippen LogP contribution < -0.4 is 5.32 Å². The first-order valence-electron chi connectivity index (χ1n) is 11.1. The van der Waals surface area contributed by atoms with E-state index in [2.05, 4.69) is 15.5 Å². The van der Waals surface area contributed by atoms with Crippen LogP contribution in [0.5, 0.6) is 0 Å². The predicted molar refractivity (Wildman–Crippen MR) is 126 cm³/mol. The predicted octanol–water partition coefficient (Wildman–Crippen LogP) is 4.53. The zero-order valence-electron chi connectivity index (χ0n) is 18.9. The molecule has 1 aliphatic heterocycles. The molecule has 0 atom stereocenters. The van der Waals surface area contributed by atoms with Crippen LogP contribution in [0.15, 0.2) is 56.5 Å². The summed E-state index contributed by atoms with van der Waals surface area (Å²) in [6, 6.07) is 9.88. The van der Waals surface area contributed by atoms with E-state index in [1.165, 1.54) is 16.6 Å². The van der Waals surface area contributed by atoms with Crippen molar-refractivity contribution in [1.29, 1.82) is 0 Å². The van der Waals surface area contributed by atoms with Crippen molar-refractivity contribution < 1.29 is 22.2 Å². The molecule has 0 unspecified atom stereocenters. The van der Waals surface area contributed by atoms with Crippen LogP contribution in [-0.4, -0.2) is 41.9 Å². The van der Waals surface area contributed by atoms with Crippen molar-refractivity contribution in [2.24, 2.45) is 0 Å². The molecule has 10 heteroatoms. The molecule has 4 aromatic rings. The van der Waals surface area contributed by atoms with E-state index in [1.807, 2.05) is 6.92 Å². The number of carbonyl (C=O) groups excluding carboxylic acids is 1. The van der Waals surface area contributed by atoms with E-state index in [4.69, 9.17) is 8.94 Å². The van der Waals surface area contributed by atoms with Gasteiger partial charge in [-0.25, -0.2) is 13.4 Å². The lowest BCUT2D eigenvalue weighted by Gasteiger charge is -2.26. The van der Waals surface area contributed by atoms with Crippen LogP contribution in [0, 0.1) is 13.8 Å². The number of furan rings is 1. The molecule has 1 saturated heterocycles. The van der Waals surface area contributed by atoms with Crippen molar-refractivity contribution in [3.63, 3.8) is 0 Å². The lowest BCUT2D eigenvalue weighted by atomic mass is 10.1. The molecule has 0 spiro atoms. The van der Waals surface area contributed by atoms with Crippen molar-refractivity contribution in [2.45, 2.75) is 38.0 Å². The number of benzene rings is 1. The van der Waals surface area contributed by atoms with Gasteiger partial charge in [-0.15, -0.1) is 0 Å². The molecule has 34 heavy (non-hydrogen) atoms. The fourth-order valence-corrected chi connectivity index (χ4v) is 5.71. The standard InChI is InChI=1S/C24H24N4O5S/c1-15-8-9-17(34(30,31)28-10-4-3-5-11-28)13-19(15)25-23(29)18-14-20(21-7-6-12-32-21)26-24-22(18)16(2)27-33-24/h6-9,12-14H,3-5,10-11H2,1-2H3,(H,25,29). The number of anilines is 1. The number of sulfonamides is 1. The number of fused-ring (bicyclic) bond motifs is 1. The Morgan fingerprint density at radius 2 is 1.88 bits per heavy atom. The van der Waals surface area contributed by atoms with Gasteiger partial charge in [0.05, 0.1) is 27.8 Å². The zero-order chi connectivity index (χ0) is 23.9. The first kappa shape index (κ1) is 22.3. The summed E-state index contributed by atoms with van der Waals surface area (Å²) in [6.07, 6.45) is 4.25. The average molecular weight is 481 g/mol.